The van der Waals surface area contributed by atoms with Gasteiger partial charge in [-0.1, -0.05) is 126 Å². The van der Waals surface area contributed by atoms with Crippen molar-refractivity contribution in [2.75, 3.05) is 19.8 Å². The van der Waals surface area contributed by atoms with E-state index in [0.29, 0.717) is 38.0 Å². The second-order valence-corrected chi connectivity index (χ2v) is 21.3. The number of nitrogens with two attached hydrogens (primary N) is 1. The first-order chi connectivity index (χ1) is 35.5. The van der Waals surface area contributed by atoms with Gasteiger partial charge in [0.1, 0.15) is 30.2 Å². The van der Waals surface area contributed by atoms with Crippen molar-refractivity contribution in [1.29, 1.82) is 0 Å². The number of benzene rings is 2. The van der Waals surface area contributed by atoms with Crippen molar-refractivity contribution in [3.8, 4) is 0 Å². The Morgan fingerprint density at radius 2 is 1.28 bits per heavy atom. The zero-order valence-corrected chi connectivity index (χ0v) is 44.9. The lowest BCUT2D eigenvalue weighted by Crippen LogP contribution is -2.61. The number of aliphatic hydroxyl groups excluding tert-OH is 1. The molecule has 1 aliphatic rings. The molecule has 0 radical (unpaired) electrons. The number of hydrogen-bond donors (Lipinski definition) is 7. The largest absolute Gasteiger partial charge is 0.472 e. The molecule has 0 aliphatic carbocycles. The molecule has 0 bridgehead atoms. The number of primary amides is 1. The van der Waals surface area contributed by atoms with Gasteiger partial charge in [-0.05, 0) is 81.8 Å². The topological polar surface area (TPSA) is 274 Å². The number of imidazole rings is 1. The van der Waals surface area contributed by atoms with Crippen LogP contribution in [-0.4, -0.2) is 116 Å². The van der Waals surface area contributed by atoms with Crippen molar-refractivity contribution < 1.29 is 52.4 Å². The van der Waals surface area contributed by atoms with E-state index >= 15 is 0 Å². The number of unbranched alkanes of at least 4 members (excludes halogenated alkanes) is 10. The minimum absolute atomic E-state index is 0.0786. The summed E-state index contributed by atoms with van der Waals surface area (Å²) in [6.45, 7) is 6.32. The van der Waals surface area contributed by atoms with Gasteiger partial charge in [0.2, 0.25) is 35.4 Å². The molecular weight excluding hydrogens is 968 g/mol. The van der Waals surface area contributed by atoms with Crippen LogP contribution in [0.4, 0.5) is 0 Å². The van der Waals surface area contributed by atoms with Crippen molar-refractivity contribution in [3.05, 3.63) is 90.0 Å². The molecule has 2 heterocycles. The number of likely N-dealkylation sites (tertiary alicyclic amines) is 1. The molecule has 1 aliphatic heterocycles. The Balaban J connectivity index is 1.37. The summed E-state index contributed by atoms with van der Waals surface area (Å²) in [6.07, 6.45) is 16.4. The number of hydrogen-bond acceptors (Lipinski definition) is 11. The summed E-state index contributed by atoms with van der Waals surface area (Å²) in [5.41, 5.74) is 8.83. The molecule has 2 aromatic carbocycles. The lowest BCUT2D eigenvalue weighted by atomic mass is 10.0. The van der Waals surface area contributed by atoms with Gasteiger partial charge in [-0.15, -0.1) is 0 Å². The molecule has 8 N–H and O–H groups in total. The van der Waals surface area contributed by atoms with Gasteiger partial charge in [-0.2, -0.15) is 0 Å². The maximum atomic E-state index is 14.3. The highest BCUT2D eigenvalue weighted by atomic mass is 31.2. The molecule has 3 aromatic rings. The lowest BCUT2D eigenvalue weighted by Gasteiger charge is -2.28. The molecular formula is C54H83N8O11P. The Hall–Kier alpha value is -5.46. The van der Waals surface area contributed by atoms with Crippen LogP contribution < -0.4 is 27.0 Å². The minimum atomic E-state index is -4.73. The number of carbonyl (C=O) groups excluding carboxylic acids is 6. The Bertz CT molecular complexity index is 2230. The Kier molecular flexibility index (Phi) is 27.0. The van der Waals surface area contributed by atoms with E-state index in [1.54, 1.807) is 12.5 Å². The third-order valence-corrected chi connectivity index (χ3v) is 14.4. The third kappa shape index (κ3) is 22.2. The molecule has 6 amide bonds. The predicted molar refractivity (Wildman–Crippen MR) is 282 cm³/mol. The fourth-order valence-electron chi connectivity index (χ4n) is 9.16. The van der Waals surface area contributed by atoms with Gasteiger partial charge < -0.3 is 46.5 Å². The van der Waals surface area contributed by atoms with Crippen molar-refractivity contribution >= 4 is 43.3 Å². The number of amides is 6. The second-order valence-electron chi connectivity index (χ2n) is 19.9. The van der Waals surface area contributed by atoms with Gasteiger partial charge in [0, 0.05) is 38.3 Å². The molecule has 7 atom stereocenters. The number of nitrogens with one attached hydrogen (secondary N) is 4. The summed E-state index contributed by atoms with van der Waals surface area (Å²) in [7, 11) is -4.73. The van der Waals surface area contributed by atoms with Gasteiger partial charge in [-0.25, -0.2) is 9.55 Å². The Morgan fingerprint density at radius 3 is 1.85 bits per heavy atom. The van der Waals surface area contributed by atoms with Crippen molar-refractivity contribution in [3.63, 3.8) is 0 Å². The van der Waals surface area contributed by atoms with Gasteiger partial charge in [0.25, 0.3) is 0 Å². The first-order valence-corrected chi connectivity index (χ1v) is 28.1. The quantitative estimate of drug-likeness (QED) is 0.0278. The molecule has 20 heteroatoms. The summed E-state index contributed by atoms with van der Waals surface area (Å²) in [6, 6.07) is 14.0. The first-order valence-electron chi connectivity index (χ1n) is 26.6. The van der Waals surface area contributed by atoms with Crippen LogP contribution in [-0.2, 0) is 68.2 Å². The van der Waals surface area contributed by atoms with Crippen LogP contribution >= 0.6 is 7.82 Å². The highest BCUT2D eigenvalue weighted by Crippen LogP contribution is 2.45. The van der Waals surface area contributed by atoms with E-state index in [1.165, 1.54) is 29.9 Å². The second kappa shape index (κ2) is 32.8. The predicted octanol–water partition coefficient (Wildman–Crippen LogP) is 5.59. The van der Waals surface area contributed by atoms with Crippen LogP contribution in [0.3, 0.4) is 0 Å². The van der Waals surface area contributed by atoms with Crippen LogP contribution in [0, 0.1) is 5.92 Å². The van der Waals surface area contributed by atoms with E-state index in [0.717, 1.165) is 83.5 Å². The Morgan fingerprint density at radius 1 is 0.743 bits per heavy atom. The highest BCUT2D eigenvalue weighted by Gasteiger charge is 2.38. The fourth-order valence-corrected chi connectivity index (χ4v) is 10.1. The lowest BCUT2D eigenvalue weighted by molar-refractivity contribution is -0.139. The van der Waals surface area contributed by atoms with E-state index < -0.39 is 80.3 Å². The number of phosphoric acid groups is 1. The SMILES string of the molecule is CC(=O)N1CCC[C@H]1C(=O)N[C@@H](CC(C)C)C(=O)N[C@@H](Cc1cncn1CCCCCCCCc1ccccc1)C(=O)N[C@@H](CO)C(=O)N[C@H](C(N)=O)[C@@H](C)OP(=O)(O)OCCCCCCCCc1ccccc1. The number of aromatic nitrogens is 2. The summed E-state index contributed by atoms with van der Waals surface area (Å²) in [4.78, 5) is 97.0. The van der Waals surface area contributed by atoms with Gasteiger partial charge in [-0.3, -0.25) is 37.8 Å². The van der Waals surface area contributed by atoms with Gasteiger partial charge in [0.15, 0.2) is 0 Å². The molecule has 1 unspecified atom stereocenters. The zero-order chi connectivity index (χ0) is 53.9. The number of nitrogens with zero attached hydrogens (tertiary/aromatic N) is 3. The first kappa shape index (κ1) is 61.1. The van der Waals surface area contributed by atoms with Crippen LogP contribution in [0.5, 0.6) is 0 Å². The zero-order valence-electron chi connectivity index (χ0n) is 44.0. The minimum Gasteiger partial charge on any atom is -0.394 e. The summed E-state index contributed by atoms with van der Waals surface area (Å²) in [5.74, 6) is -4.61. The summed E-state index contributed by atoms with van der Waals surface area (Å²) < 4.78 is 25.2. The van der Waals surface area contributed by atoms with Crippen molar-refractivity contribution in [2.24, 2.45) is 11.7 Å². The van der Waals surface area contributed by atoms with E-state index in [4.69, 9.17) is 14.8 Å². The Labute approximate surface area is 437 Å². The smallest absolute Gasteiger partial charge is 0.394 e. The maximum Gasteiger partial charge on any atom is 0.472 e. The average Bonchev–Trinajstić information content (AvgIpc) is 4.05. The number of aryl methyl sites for hydroxylation is 3. The molecule has 1 fully saturated rings. The maximum absolute atomic E-state index is 14.3. The van der Waals surface area contributed by atoms with Crippen molar-refractivity contribution in [2.45, 2.75) is 186 Å². The van der Waals surface area contributed by atoms with Crippen molar-refractivity contribution in [1.82, 2.24) is 35.7 Å². The number of phosphoric ester groups is 1. The van der Waals surface area contributed by atoms with E-state index in [1.807, 2.05) is 42.7 Å². The molecule has 1 aromatic heterocycles. The summed E-state index contributed by atoms with van der Waals surface area (Å²) >= 11 is 0. The van der Waals surface area contributed by atoms with Gasteiger partial charge in [0.05, 0.1) is 25.6 Å². The van der Waals surface area contributed by atoms with Crippen LogP contribution in [0.15, 0.2) is 73.2 Å². The normalized spacial score (nSPS) is 16.4. The molecule has 74 heavy (non-hydrogen) atoms. The number of aliphatic hydroxyl groups is 1. The molecule has 1 saturated heterocycles. The monoisotopic (exact) mass is 1050 g/mol. The molecule has 0 saturated carbocycles. The van der Waals surface area contributed by atoms with E-state index in [2.05, 4.69) is 62.6 Å². The summed E-state index contributed by atoms with van der Waals surface area (Å²) in [5, 5.41) is 20.8. The molecule has 19 nitrogen and oxygen atoms in total. The van der Waals surface area contributed by atoms with Crippen LogP contribution in [0.2, 0.25) is 0 Å². The highest BCUT2D eigenvalue weighted by molar-refractivity contribution is 7.47. The van der Waals surface area contributed by atoms with Gasteiger partial charge >= 0.3 is 7.82 Å². The molecule has 0 spiro atoms. The van der Waals surface area contributed by atoms with E-state index in [9.17, 15) is 43.3 Å². The molecule has 4 rings (SSSR count). The number of carbonyl (C=O) groups is 6. The number of rotatable bonds is 36. The van der Waals surface area contributed by atoms with Crippen LogP contribution in [0.1, 0.15) is 141 Å². The third-order valence-electron chi connectivity index (χ3n) is 13.2. The average molecular weight is 1050 g/mol. The van der Waals surface area contributed by atoms with Crippen LogP contribution in [0.25, 0.3) is 0 Å². The van der Waals surface area contributed by atoms with E-state index in [-0.39, 0.29) is 31.3 Å². The fraction of sp³-hybridized carbons (Fsp3) is 0.611. The molecule has 410 valence electrons. The standard InChI is InChI=1S/C54H83N8O11P/c1-39(2)34-45(58-54(69)48-30-23-32-62(48)41(4)64)51(66)57-46(35-44-36-56-38-61(44)31-21-11-7-5-9-15-24-42-26-17-13-18-27-42)52(67)59-47(37-63)53(68)60-49(50(55)65)40(3)73-74(70,71)72-33-22-12-8-6-10-16-25-43-28-19-14-20-29-43/h13-14,17-20,26-29,36,38-40,45-49,63H,5-12,15-16,21-25,30-35,37H2,1-4H3,(H2,55,65)(H,57,66)(H,58,69)(H,59,67)(H,60,68)(H,70,71)/t40-,45+,46+,47+,48+,49+/m1/s1.